The minimum atomic E-state index is 0. The van der Waals surface area contributed by atoms with Crippen LogP contribution in [-0.4, -0.2) is 73.6 Å². The van der Waals surface area contributed by atoms with Crippen molar-refractivity contribution >= 4 is 35.8 Å². The summed E-state index contributed by atoms with van der Waals surface area (Å²) < 4.78 is 6.12. The van der Waals surface area contributed by atoms with Crippen molar-refractivity contribution in [2.45, 2.75) is 63.7 Å². The third-order valence-corrected chi connectivity index (χ3v) is 7.04. The highest BCUT2D eigenvalue weighted by Crippen LogP contribution is 2.47. The Morgan fingerprint density at radius 2 is 1.74 bits per heavy atom. The first-order valence-corrected chi connectivity index (χ1v) is 10.4. The van der Waals surface area contributed by atoms with Crippen molar-refractivity contribution in [2.75, 3.05) is 33.7 Å². The maximum absolute atomic E-state index is 12.1. The van der Waals surface area contributed by atoms with E-state index >= 15 is 0 Å². The van der Waals surface area contributed by atoms with E-state index in [2.05, 4.69) is 17.1 Å². The first-order chi connectivity index (χ1) is 12.5. The van der Waals surface area contributed by atoms with E-state index in [0.29, 0.717) is 36.0 Å². The number of likely N-dealkylation sites (N-methyl/N-ethyl adjacent to an activating group) is 1. The number of hydrogen-bond donors (Lipinski definition) is 1. The molecule has 0 radical (unpaired) electrons. The van der Waals surface area contributed by atoms with E-state index in [1.165, 1.54) is 38.5 Å². The number of nitrogens with zero attached hydrogens (tertiary/aromatic N) is 3. The Bertz CT molecular complexity index is 552. The molecule has 6 unspecified atom stereocenters. The fourth-order valence-electron chi connectivity index (χ4n) is 5.35. The molecular weight excluding hydrogens is 455 g/mol. The highest BCUT2D eigenvalue weighted by atomic mass is 127. The van der Waals surface area contributed by atoms with Crippen LogP contribution in [0.1, 0.15) is 45.4 Å². The quantitative estimate of drug-likeness (QED) is 0.375. The predicted octanol–water partition coefficient (Wildman–Crippen LogP) is 2.33. The third kappa shape index (κ3) is 4.38. The molecule has 1 amide bonds. The summed E-state index contributed by atoms with van der Waals surface area (Å²) in [5.41, 5.74) is 0. The SMILES string of the molecule is CC1CCCCC1NC(=NCC(=O)N(C)C)N1CC2C3CCC(O3)C2C1.I. The minimum absolute atomic E-state index is 0. The highest BCUT2D eigenvalue weighted by Gasteiger charge is 2.53. The van der Waals surface area contributed by atoms with Crippen LogP contribution in [0, 0.1) is 17.8 Å². The summed E-state index contributed by atoms with van der Waals surface area (Å²) >= 11 is 0. The molecule has 1 saturated carbocycles. The molecule has 3 saturated heterocycles. The van der Waals surface area contributed by atoms with Gasteiger partial charge >= 0.3 is 0 Å². The van der Waals surface area contributed by atoms with E-state index in [0.717, 1.165) is 19.0 Å². The molecule has 4 rings (SSSR count). The number of aliphatic imine (C=N–C) groups is 1. The molecule has 6 atom stereocenters. The number of halogens is 1. The minimum Gasteiger partial charge on any atom is -0.374 e. The maximum atomic E-state index is 12.1. The van der Waals surface area contributed by atoms with Crippen molar-refractivity contribution in [1.29, 1.82) is 0 Å². The summed E-state index contributed by atoms with van der Waals surface area (Å²) in [6.45, 7) is 4.61. The molecule has 0 aromatic carbocycles. The fraction of sp³-hybridized carbons (Fsp3) is 0.900. The van der Waals surface area contributed by atoms with Gasteiger partial charge in [-0.05, 0) is 31.6 Å². The van der Waals surface area contributed by atoms with Crippen LogP contribution in [0.3, 0.4) is 0 Å². The summed E-state index contributed by atoms with van der Waals surface area (Å²) in [5, 5.41) is 3.75. The summed E-state index contributed by atoms with van der Waals surface area (Å²) in [4.78, 5) is 20.9. The zero-order chi connectivity index (χ0) is 18.3. The van der Waals surface area contributed by atoms with Crippen LogP contribution in [0.5, 0.6) is 0 Å². The van der Waals surface area contributed by atoms with Gasteiger partial charge in [0, 0.05) is 45.1 Å². The van der Waals surface area contributed by atoms with E-state index in [9.17, 15) is 4.79 Å². The Balaban J connectivity index is 0.00000210. The standard InChI is InChI=1S/C20H34N4O2.HI/c1-13-6-4-5-7-16(13)22-20(21-10-19(25)23(2)3)24-11-14-15(12-24)18-9-8-17(14)26-18;/h13-18H,4-12H2,1-3H3,(H,21,22);1H. The smallest absolute Gasteiger partial charge is 0.243 e. The van der Waals surface area contributed by atoms with Gasteiger partial charge in [0.15, 0.2) is 5.96 Å². The number of rotatable bonds is 3. The number of guanidine groups is 1. The molecule has 1 N–H and O–H groups in total. The maximum Gasteiger partial charge on any atom is 0.243 e. The zero-order valence-corrected chi connectivity index (χ0v) is 19.2. The predicted molar refractivity (Wildman–Crippen MR) is 117 cm³/mol. The van der Waals surface area contributed by atoms with Crippen molar-refractivity contribution in [3.63, 3.8) is 0 Å². The lowest BCUT2D eigenvalue weighted by Gasteiger charge is -2.33. The van der Waals surface area contributed by atoms with Gasteiger partial charge in [-0.3, -0.25) is 4.79 Å². The van der Waals surface area contributed by atoms with Gasteiger partial charge in [-0.25, -0.2) is 4.99 Å². The Labute approximate surface area is 180 Å². The summed E-state index contributed by atoms with van der Waals surface area (Å²) in [6, 6.07) is 0.477. The van der Waals surface area contributed by atoms with E-state index < -0.39 is 0 Å². The van der Waals surface area contributed by atoms with Crippen LogP contribution >= 0.6 is 24.0 Å². The molecule has 4 aliphatic rings. The van der Waals surface area contributed by atoms with Crippen LogP contribution in [0.25, 0.3) is 0 Å². The first kappa shape index (κ1) is 21.1. The fourth-order valence-corrected chi connectivity index (χ4v) is 5.35. The van der Waals surface area contributed by atoms with Crippen molar-refractivity contribution < 1.29 is 9.53 Å². The second-order valence-electron chi connectivity index (χ2n) is 8.96. The Hall–Kier alpha value is -0.570. The van der Waals surface area contributed by atoms with E-state index in [1.54, 1.807) is 19.0 Å². The number of nitrogens with one attached hydrogen (secondary N) is 1. The second-order valence-corrected chi connectivity index (χ2v) is 8.96. The topological polar surface area (TPSA) is 57.2 Å². The van der Waals surface area contributed by atoms with E-state index in [-0.39, 0.29) is 36.4 Å². The molecule has 1 aliphatic carbocycles. The van der Waals surface area contributed by atoms with Crippen molar-refractivity contribution in [1.82, 2.24) is 15.1 Å². The number of carbonyl (C=O) groups is 1. The third-order valence-electron chi connectivity index (χ3n) is 7.04. The summed E-state index contributed by atoms with van der Waals surface area (Å²) in [6.07, 6.45) is 8.45. The Morgan fingerprint density at radius 1 is 1.11 bits per heavy atom. The summed E-state index contributed by atoms with van der Waals surface area (Å²) in [5.74, 6) is 2.97. The monoisotopic (exact) mass is 490 g/mol. The van der Waals surface area contributed by atoms with Gasteiger partial charge in [0.25, 0.3) is 0 Å². The van der Waals surface area contributed by atoms with E-state index in [1.807, 2.05) is 0 Å². The summed E-state index contributed by atoms with van der Waals surface area (Å²) in [7, 11) is 3.59. The van der Waals surface area contributed by atoms with Crippen LogP contribution in [0.2, 0.25) is 0 Å². The van der Waals surface area contributed by atoms with Gasteiger partial charge in [-0.1, -0.05) is 19.8 Å². The lowest BCUT2D eigenvalue weighted by Crippen LogP contribution is -2.49. The lowest BCUT2D eigenvalue weighted by atomic mass is 9.82. The van der Waals surface area contributed by atoms with Crippen LogP contribution in [0.4, 0.5) is 0 Å². The molecule has 6 nitrogen and oxygen atoms in total. The molecule has 2 bridgehead atoms. The zero-order valence-electron chi connectivity index (χ0n) is 16.9. The van der Waals surface area contributed by atoms with Gasteiger partial charge in [0.05, 0.1) is 12.2 Å². The van der Waals surface area contributed by atoms with Crippen molar-refractivity contribution in [2.24, 2.45) is 22.7 Å². The molecule has 3 heterocycles. The Morgan fingerprint density at radius 3 is 2.33 bits per heavy atom. The van der Waals surface area contributed by atoms with Gasteiger partial charge in [0.1, 0.15) is 6.54 Å². The number of likely N-dealkylation sites (tertiary alicyclic amines) is 1. The molecule has 4 fully saturated rings. The van der Waals surface area contributed by atoms with E-state index in [4.69, 9.17) is 9.73 Å². The van der Waals surface area contributed by atoms with Crippen molar-refractivity contribution in [3.05, 3.63) is 0 Å². The molecule has 0 aromatic heterocycles. The molecule has 27 heavy (non-hydrogen) atoms. The Kier molecular flexibility index (Phi) is 6.93. The van der Waals surface area contributed by atoms with Gasteiger partial charge in [-0.15, -0.1) is 24.0 Å². The lowest BCUT2D eigenvalue weighted by molar-refractivity contribution is -0.127. The average molecular weight is 490 g/mol. The molecule has 7 heteroatoms. The van der Waals surface area contributed by atoms with Crippen LogP contribution in [-0.2, 0) is 9.53 Å². The van der Waals surface area contributed by atoms with Gasteiger partial charge < -0.3 is 19.9 Å². The number of hydrogen-bond acceptors (Lipinski definition) is 3. The largest absolute Gasteiger partial charge is 0.374 e. The molecule has 0 spiro atoms. The van der Waals surface area contributed by atoms with Crippen molar-refractivity contribution in [3.8, 4) is 0 Å². The highest BCUT2D eigenvalue weighted by molar-refractivity contribution is 14.0. The van der Waals surface area contributed by atoms with Gasteiger partial charge in [-0.2, -0.15) is 0 Å². The molecule has 154 valence electrons. The number of fused-ring (bicyclic) bond motifs is 5. The molecular formula is C20H35IN4O2. The number of ether oxygens (including phenoxy) is 1. The average Bonchev–Trinajstić information content (AvgIpc) is 3.32. The van der Waals surface area contributed by atoms with Crippen LogP contribution in [0.15, 0.2) is 4.99 Å². The first-order valence-electron chi connectivity index (χ1n) is 10.4. The molecule has 3 aliphatic heterocycles. The van der Waals surface area contributed by atoms with Gasteiger partial charge in [0.2, 0.25) is 5.91 Å². The normalized spacial score (nSPS) is 37.7. The number of carbonyl (C=O) groups excluding carboxylic acids is 1. The van der Waals surface area contributed by atoms with Crippen LogP contribution < -0.4 is 5.32 Å². The second kappa shape index (κ2) is 8.84. The molecule has 0 aromatic rings. The number of amides is 1.